The number of hydrogen-bond acceptors (Lipinski definition) is 3. The molecule has 1 amide bonds. The molecule has 22 heavy (non-hydrogen) atoms. The van der Waals surface area contributed by atoms with Gasteiger partial charge >= 0.3 is 0 Å². The van der Waals surface area contributed by atoms with E-state index in [0.717, 1.165) is 17.1 Å². The first-order valence-electron chi connectivity index (χ1n) is 7.33. The van der Waals surface area contributed by atoms with Crippen molar-refractivity contribution in [2.75, 3.05) is 0 Å². The number of rotatable bonds is 9. The lowest BCUT2D eigenvalue weighted by atomic mass is 10.2. The van der Waals surface area contributed by atoms with Crippen molar-refractivity contribution < 1.29 is 4.79 Å². The maximum Gasteiger partial charge on any atom is 0.224 e. The maximum absolute atomic E-state index is 11.6. The molecule has 0 heterocycles. The highest BCUT2D eigenvalue weighted by Crippen LogP contribution is 2.12. The van der Waals surface area contributed by atoms with E-state index in [4.69, 9.17) is 0 Å². The molecular weight excluding hydrogens is 292 g/mol. The molecule has 1 rings (SSSR count). The minimum Gasteiger partial charge on any atom is -0.330 e. The fraction of sp³-hybridized carbons (Fsp3) is 0.278. The van der Waals surface area contributed by atoms with E-state index in [1.807, 2.05) is 50.3 Å². The van der Waals surface area contributed by atoms with Gasteiger partial charge < -0.3 is 5.32 Å². The summed E-state index contributed by atoms with van der Waals surface area (Å²) in [6.07, 6.45) is 6.99. The van der Waals surface area contributed by atoms with Crippen molar-refractivity contribution in [3.05, 3.63) is 71.3 Å². The normalized spacial score (nSPS) is 11.6. The second-order valence-electron chi connectivity index (χ2n) is 4.84. The molecule has 4 heteroatoms. The van der Waals surface area contributed by atoms with Crippen LogP contribution in [0.25, 0.3) is 0 Å². The van der Waals surface area contributed by atoms with Gasteiger partial charge in [0.25, 0.3) is 0 Å². The topological polar surface area (TPSA) is 41.1 Å². The van der Waals surface area contributed by atoms with E-state index >= 15 is 0 Å². The van der Waals surface area contributed by atoms with E-state index in [-0.39, 0.29) is 5.91 Å². The number of amides is 1. The third-order valence-corrected chi connectivity index (χ3v) is 3.62. The van der Waals surface area contributed by atoms with Crippen LogP contribution in [0.4, 0.5) is 0 Å². The van der Waals surface area contributed by atoms with Gasteiger partial charge in [-0.15, -0.1) is 0 Å². The van der Waals surface area contributed by atoms with Gasteiger partial charge in [-0.1, -0.05) is 55.1 Å². The van der Waals surface area contributed by atoms with Crippen LogP contribution in [0.3, 0.4) is 0 Å². The van der Waals surface area contributed by atoms with Crippen molar-refractivity contribution in [2.45, 2.75) is 33.2 Å². The Morgan fingerprint density at radius 1 is 1.32 bits per heavy atom. The minimum absolute atomic E-state index is 0.0423. The molecule has 0 aliphatic heterocycles. The Morgan fingerprint density at radius 3 is 2.73 bits per heavy atom. The summed E-state index contributed by atoms with van der Waals surface area (Å²) < 4.78 is 3.26. The highest BCUT2D eigenvalue weighted by atomic mass is 32.2. The number of carbonyl (C=O) groups is 1. The van der Waals surface area contributed by atoms with Crippen LogP contribution in [-0.2, 0) is 11.3 Å². The summed E-state index contributed by atoms with van der Waals surface area (Å²) in [5.74, 6) is 0.0423. The van der Waals surface area contributed by atoms with E-state index in [1.54, 1.807) is 0 Å². The first-order chi connectivity index (χ1) is 10.6. The van der Waals surface area contributed by atoms with E-state index in [2.05, 4.69) is 28.8 Å². The van der Waals surface area contributed by atoms with Crippen LogP contribution in [0, 0.1) is 0 Å². The highest BCUT2D eigenvalue weighted by molar-refractivity contribution is 8.01. The lowest BCUT2D eigenvalue weighted by Gasteiger charge is -2.04. The molecule has 0 saturated heterocycles. The lowest BCUT2D eigenvalue weighted by molar-refractivity contribution is -0.120. The van der Waals surface area contributed by atoms with Crippen LogP contribution in [0.15, 0.2) is 65.7 Å². The third kappa shape index (κ3) is 8.49. The Kier molecular flexibility index (Phi) is 9.03. The van der Waals surface area contributed by atoms with Gasteiger partial charge in [-0.05, 0) is 37.8 Å². The van der Waals surface area contributed by atoms with Crippen molar-refractivity contribution in [1.82, 2.24) is 10.0 Å². The van der Waals surface area contributed by atoms with Crippen LogP contribution in [-0.4, -0.2) is 5.91 Å². The molecule has 1 aromatic carbocycles. The van der Waals surface area contributed by atoms with Crippen molar-refractivity contribution in [2.24, 2.45) is 0 Å². The zero-order valence-corrected chi connectivity index (χ0v) is 14.1. The van der Waals surface area contributed by atoms with Gasteiger partial charge in [0, 0.05) is 23.6 Å². The van der Waals surface area contributed by atoms with Crippen molar-refractivity contribution >= 4 is 17.9 Å². The Hall–Kier alpha value is -1.78. The average molecular weight is 316 g/mol. The largest absolute Gasteiger partial charge is 0.330 e. The monoisotopic (exact) mass is 316 g/mol. The molecular formula is C18H24N2OS. The molecule has 0 saturated carbocycles. The number of nitrogens with one attached hydrogen (secondary N) is 2. The second-order valence-corrected chi connectivity index (χ2v) is 5.85. The summed E-state index contributed by atoms with van der Waals surface area (Å²) in [7, 11) is 0. The molecule has 118 valence electrons. The summed E-state index contributed by atoms with van der Waals surface area (Å²) in [6, 6.07) is 10.2. The fourth-order valence-electron chi connectivity index (χ4n) is 1.63. The maximum atomic E-state index is 11.6. The van der Waals surface area contributed by atoms with E-state index < -0.39 is 0 Å². The van der Waals surface area contributed by atoms with Gasteiger partial charge in [0.15, 0.2) is 0 Å². The number of benzene rings is 1. The van der Waals surface area contributed by atoms with Crippen molar-refractivity contribution in [3.63, 3.8) is 0 Å². The fourth-order valence-corrected chi connectivity index (χ4v) is 2.21. The average Bonchev–Trinajstić information content (AvgIpc) is 2.52. The van der Waals surface area contributed by atoms with E-state index in [9.17, 15) is 4.79 Å². The minimum atomic E-state index is 0.0423. The Morgan fingerprint density at radius 2 is 2.05 bits per heavy atom. The molecule has 0 aliphatic rings. The summed E-state index contributed by atoms with van der Waals surface area (Å²) in [4.78, 5) is 12.5. The molecule has 0 aromatic heterocycles. The first kappa shape index (κ1) is 18.3. The van der Waals surface area contributed by atoms with Crippen LogP contribution in [0.2, 0.25) is 0 Å². The predicted molar refractivity (Wildman–Crippen MR) is 96.0 cm³/mol. The van der Waals surface area contributed by atoms with Crippen LogP contribution < -0.4 is 10.0 Å². The van der Waals surface area contributed by atoms with E-state index in [0.29, 0.717) is 12.8 Å². The molecule has 2 N–H and O–H groups in total. The molecule has 0 aliphatic carbocycles. The van der Waals surface area contributed by atoms with Crippen LogP contribution in [0.5, 0.6) is 0 Å². The number of allylic oxidation sites excluding steroid dienone is 4. The zero-order chi connectivity index (χ0) is 16.2. The summed E-state index contributed by atoms with van der Waals surface area (Å²) in [5, 5.41) is 2.82. The standard InChI is InChI=1S/C18H24N2OS/c1-4-15(2)20-18(21)13-9-8-10-16(3)22-19-14-17-11-6-5-7-12-17/h4-8,10-12,19H,3,9,13-14H2,1-2H3,(H,20,21)/b10-8+,15-4+. The van der Waals surface area contributed by atoms with Crippen LogP contribution in [0.1, 0.15) is 32.3 Å². The molecule has 0 spiro atoms. The molecule has 0 atom stereocenters. The molecule has 3 nitrogen and oxygen atoms in total. The van der Waals surface area contributed by atoms with Crippen molar-refractivity contribution in [3.8, 4) is 0 Å². The predicted octanol–water partition coefficient (Wildman–Crippen LogP) is 4.31. The molecule has 0 radical (unpaired) electrons. The van der Waals surface area contributed by atoms with Gasteiger partial charge in [0.2, 0.25) is 5.91 Å². The number of hydrogen-bond donors (Lipinski definition) is 2. The Bertz CT molecular complexity index is 535. The van der Waals surface area contributed by atoms with Gasteiger partial charge in [-0.3, -0.25) is 9.52 Å². The quantitative estimate of drug-likeness (QED) is 0.527. The summed E-state index contributed by atoms with van der Waals surface area (Å²) in [6.45, 7) is 8.54. The molecule has 0 bridgehead atoms. The Labute approximate surface area is 137 Å². The Balaban J connectivity index is 2.15. The molecule has 1 aromatic rings. The first-order valence-corrected chi connectivity index (χ1v) is 8.15. The zero-order valence-electron chi connectivity index (χ0n) is 13.3. The lowest BCUT2D eigenvalue weighted by Crippen LogP contribution is -2.20. The van der Waals surface area contributed by atoms with Gasteiger partial charge in [0.1, 0.15) is 0 Å². The van der Waals surface area contributed by atoms with Crippen LogP contribution >= 0.6 is 11.9 Å². The van der Waals surface area contributed by atoms with Gasteiger partial charge in [-0.2, -0.15) is 0 Å². The smallest absolute Gasteiger partial charge is 0.224 e. The SMILES string of the molecule is C=C(/C=C/CCC(=O)N/C(C)=C/C)SNCc1ccccc1. The van der Waals surface area contributed by atoms with Gasteiger partial charge in [0.05, 0.1) is 0 Å². The highest BCUT2D eigenvalue weighted by Gasteiger charge is 1.99. The second kappa shape index (κ2) is 10.9. The molecule has 0 unspecified atom stereocenters. The molecule has 0 fully saturated rings. The van der Waals surface area contributed by atoms with Gasteiger partial charge in [-0.25, -0.2) is 0 Å². The van der Waals surface area contributed by atoms with E-state index in [1.165, 1.54) is 17.5 Å². The third-order valence-electron chi connectivity index (χ3n) is 2.93. The van der Waals surface area contributed by atoms with Crippen molar-refractivity contribution in [1.29, 1.82) is 0 Å². The summed E-state index contributed by atoms with van der Waals surface area (Å²) >= 11 is 1.50. The number of carbonyl (C=O) groups excluding carboxylic acids is 1. The summed E-state index contributed by atoms with van der Waals surface area (Å²) in [5.41, 5.74) is 2.13.